The Morgan fingerprint density at radius 2 is 2.14 bits per heavy atom. The van der Waals surface area contributed by atoms with E-state index in [4.69, 9.17) is 5.11 Å². The molecule has 0 aliphatic rings. The van der Waals surface area contributed by atoms with Crippen molar-refractivity contribution in [1.29, 1.82) is 0 Å². The van der Waals surface area contributed by atoms with Crippen molar-refractivity contribution in [3.8, 4) is 11.8 Å². The number of aliphatic hydroxyl groups excluding tert-OH is 1. The Morgan fingerprint density at radius 1 is 1.43 bits per heavy atom. The van der Waals surface area contributed by atoms with Gasteiger partial charge in [-0.05, 0) is 31.0 Å². The van der Waals surface area contributed by atoms with Crippen LogP contribution >= 0.6 is 0 Å². The molecule has 0 aromatic heterocycles. The summed E-state index contributed by atoms with van der Waals surface area (Å²) in [6, 6.07) is 4.28. The van der Waals surface area contributed by atoms with Gasteiger partial charge in [0.05, 0.1) is 5.56 Å². The van der Waals surface area contributed by atoms with Crippen molar-refractivity contribution in [1.82, 2.24) is 4.90 Å². The normalized spacial score (nSPS) is 11.5. The van der Waals surface area contributed by atoms with Gasteiger partial charge in [0, 0.05) is 18.7 Å². The number of carbonyl (C=O) groups excluding carboxylic acids is 1. The zero-order valence-electron chi connectivity index (χ0n) is 12.8. The average molecular weight is 291 g/mol. The van der Waals surface area contributed by atoms with Gasteiger partial charge in [-0.25, -0.2) is 4.39 Å². The quantitative estimate of drug-likeness (QED) is 0.847. The second kappa shape index (κ2) is 8.43. The van der Waals surface area contributed by atoms with E-state index >= 15 is 0 Å². The molecule has 0 bridgehead atoms. The van der Waals surface area contributed by atoms with Gasteiger partial charge >= 0.3 is 0 Å². The maximum atomic E-state index is 14.1. The predicted molar refractivity (Wildman–Crippen MR) is 81.4 cm³/mol. The second-order valence-electron chi connectivity index (χ2n) is 5.01. The van der Waals surface area contributed by atoms with E-state index in [0.717, 1.165) is 6.42 Å². The van der Waals surface area contributed by atoms with Crippen LogP contribution in [-0.2, 0) is 0 Å². The number of aliphatic hydroxyl groups is 1. The minimum Gasteiger partial charge on any atom is -0.384 e. The first kappa shape index (κ1) is 17.2. The number of hydrogen-bond acceptors (Lipinski definition) is 2. The SMILES string of the molecule is CCC(C)CN(CC)C(=O)c1ccc(C#CCO)cc1F. The van der Waals surface area contributed by atoms with Crippen molar-refractivity contribution in [2.75, 3.05) is 19.7 Å². The number of carbonyl (C=O) groups is 1. The summed E-state index contributed by atoms with van der Waals surface area (Å²) in [7, 11) is 0. The van der Waals surface area contributed by atoms with Crippen LogP contribution in [0.2, 0.25) is 0 Å². The zero-order valence-corrected chi connectivity index (χ0v) is 12.8. The number of rotatable bonds is 5. The van der Waals surface area contributed by atoms with Crippen molar-refractivity contribution in [2.45, 2.75) is 27.2 Å². The zero-order chi connectivity index (χ0) is 15.8. The van der Waals surface area contributed by atoms with E-state index in [2.05, 4.69) is 25.7 Å². The van der Waals surface area contributed by atoms with Crippen LogP contribution in [0.5, 0.6) is 0 Å². The molecule has 0 radical (unpaired) electrons. The van der Waals surface area contributed by atoms with Gasteiger partial charge in [0.2, 0.25) is 0 Å². The minimum atomic E-state index is -0.577. The van der Waals surface area contributed by atoms with Gasteiger partial charge in [0.25, 0.3) is 5.91 Å². The topological polar surface area (TPSA) is 40.5 Å². The molecule has 4 heteroatoms. The molecule has 0 spiro atoms. The Kier molecular flexibility index (Phi) is 6.90. The van der Waals surface area contributed by atoms with Crippen LogP contribution in [0.1, 0.15) is 43.1 Å². The summed E-state index contributed by atoms with van der Waals surface area (Å²) in [5.41, 5.74) is 0.512. The summed E-state index contributed by atoms with van der Waals surface area (Å²) in [6.45, 7) is 6.92. The molecule has 1 amide bonds. The van der Waals surface area contributed by atoms with Crippen LogP contribution < -0.4 is 0 Å². The Bertz CT molecular complexity index is 545. The third-order valence-electron chi connectivity index (χ3n) is 3.41. The lowest BCUT2D eigenvalue weighted by atomic mass is 10.1. The summed E-state index contributed by atoms with van der Waals surface area (Å²) in [6.07, 6.45) is 0.974. The van der Waals surface area contributed by atoms with Crippen LogP contribution in [0.25, 0.3) is 0 Å². The Labute approximate surface area is 125 Å². The number of halogens is 1. The highest BCUT2D eigenvalue weighted by Crippen LogP contribution is 2.14. The largest absolute Gasteiger partial charge is 0.384 e. The van der Waals surface area contributed by atoms with Gasteiger partial charge in [-0.3, -0.25) is 4.79 Å². The number of amides is 1. The van der Waals surface area contributed by atoms with E-state index in [0.29, 0.717) is 24.6 Å². The fourth-order valence-electron chi connectivity index (χ4n) is 1.94. The summed E-state index contributed by atoms with van der Waals surface area (Å²) in [5, 5.41) is 8.62. The average Bonchev–Trinajstić information content (AvgIpc) is 2.49. The summed E-state index contributed by atoms with van der Waals surface area (Å²) in [5.74, 6) is 4.58. The maximum Gasteiger partial charge on any atom is 0.256 e. The molecule has 1 aromatic rings. The molecule has 1 aromatic carbocycles. The molecule has 114 valence electrons. The molecule has 0 aliphatic carbocycles. The first-order chi connectivity index (χ1) is 10.0. The fourth-order valence-corrected chi connectivity index (χ4v) is 1.94. The highest BCUT2D eigenvalue weighted by Gasteiger charge is 2.19. The van der Waals surface area contributed by atoms with Gasteiger partial charge in [-0.15, -0.1) is 0 Å². The van der Waals surface area contributed by atoms with E-state index in [1.54, 1.807) is 11.0 Å². The van der Waals surface area contributed by atoms with Gasteiger partial charge in [-0.1, -0.05) is 32.1 Å². The monoisotopic (exact) mass is 291 g/mol. The van der Waals surface area contributed by atoms with Gasteiger partial charge in [-0.2, -0.15) is 0 Å². The molecule has 3 nitrogen and oxygen atoms in total. The lowest BCUT2D eigenvalue weighted by molar-refractivity contribution is 0.0736. The highest BCUT2D eigenvalue weighted by molar-refractivity contribution is 5.94. The lowest BCUT2D eigenvalue weighted by Gasteiger charge is -2.24. The van der Waals surface area contributed by atoms with E-state index in [1.807, 2.05) is 6.92 Å². The Balaban J connectivity index is 2.95. The molecule has 0 aliphatic heterocycles. The molecule has 0 heterocycles. The van der Waals surface area contributed by atoms with Crippen LogP contribution in [0.15, 0.2) is 18.2 Å². The summed E-state index contributed by atoms with van der Waals surface area (Å²) >= 11 is 0. The second-order valence-corrected chi connectivity index (χ2v) is 5.01. The number of hydrogen-bond donors (Lipinski definition) is 1. The molecular weight excluding hydrogens is 269 g/mol. The smallest absolute Gasteiger partial charge is 0.256 e. The Hall–Kier alpha value is -1.86. The predicted octanol–water partition coefficient (Wildman–Crippen LogP) is 2.68. The van der Waals surface area contributed by atoms with Gasteiger partial charge in [0.1, 0.15) is 12.4 Å². The molecule has 21 heavy (non-hydrogen) atoms. The molecule has 0 fully saturated rings. The van der Waals surface area contributed by atoms with Gasteiger partial charge < -0.3 is 10.0 Å². The molecule has 0 saturated carbocycles. The number of nitrogens with zero attached hydrogens (tertiary/aromatic N) is 1. The van der Waals surface area contributed by atoms with E-state index in [-0.39, 0.29) is 18.1 Å². The van der Waals surface area contributed by atoms with E-state index < -0.39 is 5.82 Å². The molecule has 1 N–H and O–H groups in total. The van der Waals surface area contributed by atoms with E-state index in [1.165, 1.54) is 12.1 Å². The number of benzene rings is 1. The third kappa shape index (κ3) is 4.87. The van der Waals surface area contributed by atoms with Gasteiger partial charge in [0.15, 0.2) is 0 Å². The molecule has 1 atom stereocenters. The maximum absolute atomic E-state index is 14.1. The van der Waals surface area contributed by atoms with Crippen LogP contribution in [0.3, 0.4) is 0 Å². The summed E-state index contributed by atoms with van der Waals surface area (Å²) < 4.78 is 14.1. The van der Waals surface area contributed by atoms with Crippen molar-refractivity contribution in [3.63, 3.8) is 0 Å². The van der Waals surface area contributed by atoms with E-state index in [9.17, 15) is 9.18 Å². The van der Waals surface area contributed by atoms with Crippen molar-refractivity contribution in [2.24, 2.45) is 5.92 Å². The summed E-state index contributed by atoms with van der Waals surface area (Å²) in [4.78, 5) is 14.0. The van der Waals surface area contributed by atoms with Crippen molar-refractivity contribution >= 4 is 5.91 Å². The molecular formula is C17H22FNO2. The first-order valence-electron chi connectivity index (χ1n) is 7.22. The fraction of sp³-hybridized carbons (Fsp3) is 0.471. The van der Waals surface area contributed by atoms with Crippen molar-refractivity contribution in [3.05, 3.63) is 35.1 Å². The third-order valence-corrected chi connectivity index (χ3v) is 3.41. The highest BCUT2D eigenvalue weighted by atomic mass is 19.1. The first-order valence-corrected chi connectivity index (χ1v) is 7.22. The standard InChI is InChI=1S/C17H22FNO2/c1-4-13(3)12-19(5-2)17(21)15-9-8-14(7-6-10-20)11-16(15)18/h8-9,11,13,20H,4-5,10,12H2,1-3H3. The van der Waals surface area contributed by atoms with Crippen LogP contribution in [0.4, 0.5) is 4.39 Å². The lowest BCUT2D eigenvalue weighted by Crippen LogP contribution is -2.35. The molecule has 1 rings (SSSR count). The molecule has 0 saturated heterocycles. The molecule has 1 unspecified atom stereocenters. The van der Waals surface area contributed by atoms with Crippen LogP contribution in [0, 0.1) is 23.6 Å². The Morgan fingerprint density at radius 3 is 2.67 bits per heavy atom. The minimum absolute atomic E-state index is 0.0645. The van der Waals surface area contributed by atoms with Crippen LogP contribution in [-0.4, -0.2) is 35.6 Å². The van der Waals surface area contributed by atoms with Crippen molar-refractivity contribution < 1.29 is 14.3 Å².